The fraction of sp³-hybridized carbons (Fsp3) is 0.429. The molecule has 1 saturated heterocycles. The fourth-order valence-corrected chi connectivity index (χ4v) is 2.53. The summed E-state index contributed by atoms with van der Waals surface area (Å²) in [5.74, 6) is -0.0986. The number of nitrogens with one attached hydrogen (secondary N) is 1. The third-order valence-corrected chi connectivity index (χ3v) is 3.74. The van der Waals surface area contributed by atoms with Gasteiger partial charge in [-0.05, 0) is 12.5 Å². The van der Waals surface area contributed by atoms with E-state index in [4.69, 9.17) is 4.74 Å². The van der Waals surface area contributed by atoms with Gasteiger partial charge in [0, 0.05) is 12.1 Å². The van der Waals surface area contributed by atoms with E-state index in [1.807, 2.05) is 10.9 Å². The molecular formula is C14H17N5O3. The van der Waals surface area contributed by atoms with Gasteiger partial charge in [-0.15, -0.1) is 6.58 Å². The first-order chi connectivity index (χ1) is 10.7. The third kappa shape index (κ3) is 2.64. The van der Waals surface area contributed by atoms with Gasteiger partial charge in [-0.3, -0.25) is 10.1 Å². The van der Waals surface area contributed by atoms with Crippen molar-refractivity contribution in [2.24, 2.45) is 4.99 Å². The van der Waals surface area contributed by atoms with Gasteiger partial charge < -0.3 is 10.1 Å². The summed E-state index contributed by atoms with van der Waals surface area (Å²) in [5.41, 5.74) is 1.67. The maximum Gasteiger partial charge on any atom is 0.230 e. The number of fused-ring (bicyclic) bond motifs is 1. The van der Waals surface area contributed by atoms with E-state index in [1.54, 1.807) is 6.08 Å². The van der Waals surface area contributed by atoms with Crippen LogP contribution in [0.2, 0.25) is 0 Å². The van der Waals surface area contributed by atoms with Crippen molar-refractivity contribution < 1.29 is 9.66 Å². The Morgan fingerprint density at radius 1 is 1.64 bits per heavy atom. The monoisotopic (exact) mass is 303 g/mol. The van der Waals surface area contributed by atoms with Crippen molar-refractivity contribution in [1.29, 1.82) is 0 Å². The molecule has 2 aliphatic rings. The van der Waals surface area contributed by atoms with Gasteiger partial charge in [0.05, 0.1) is 29.0 Å². The van der Waals surface area contributed by atoms with Crippen LogP contribution in [0.25, 0.3) is 6.20 Å². The van der Waals surface area contributed by atoms with Crippen molar-refractivity contribution in [2.75, 3.05) is 19.9 Å². The molecule has 3 rings (SSSR count). The summed E-state index contributed by atoms with van der Waals surface area (Å²) in [6.07, 6.45) is 6.61. The summed E-state index contributed by atoms with van der Waals surface area (Å²) < 4.78 is 7.14. The molecule has 0 bridgehead atoms. The van der Waals surface area contributed by atoms with Crippen LogP contribution in [-0.4, -0.2) is 34.6 Å². The van der Waals surface area contributed by atoms with Crippen molar-refractivity contribution in [2.45, 2.75) is 18.4 Å². The number of hydrogen-bond donors (Lipinski definition) is 1. The Labute approximate surface area is 126 Å². The standard InChI is InChI=1S/C14H17N5O3/c1-2-10(4-3-5-18(20)21)13-12-6-15-9-16-14(12)19(17-13)11-7-22-8-11/h2-3,5-6,10-11,15H,1,4,7-9H2/b5-3+/t10-/m1/s1. The highest BCUT2D eigenvalue weighted by Gasteiger charge is 2.26. The molecule has 1 atom stereocenters. The Kier molecular flexibility index (Phi) is 4.01. The molecule has 8 heteroatoms. The first-order valence-electron chi connectivity index (χ1n) is 7.07. The smallest absolute Gasteiger partial charge is 0.230 e. The van der Waals surface area contributed by atoms with Crippen LogP contribution in [0.3, 0.4) is 0 Å². The van der Waals surface area contributed by atoms with Gasteiger partial charge in [-0.25, -0.2) is 9.67 Å². The number of nitro groups is 1. The molecule has 0 radical (unpaired) electrons. The summed E-state index contributed by atoms with van der Waals surface area (Å²) >= 11 is 0. The van der Waals surface area contributed by atoms with Crippen LogP contribution in [0.15, 0.2) is 29.9 Å². The van der Waals surface area contributed by atoms with Crippen LogP contribution in [0.4, 0.5) is 0 Å². The fourth-order valence-electron chi connectivity index (χ4n) is 2.53. The molecule has 1 aromatic rings. The second-order valence-corrected chi connectivity index (χ2v) is 5.17. The molecule has 0 saturated carbocycles. The Balaban J connectivity index is 1.97. The van der Waals surface area contributed by atoms with Gasteiger partial charge in [-0.1, -0.05) is 6.08 Å². The van der Waals surface area contributed by atoms with Crippen LogP contribution in [0, 0.1) is 10.1 Å². The van der Waals surface area contributed by atoms with Crippen molar-refractivity contribution >= 4 is 6.20 Å². The SMILES string of the molecule is C=C[C@H](C/C=C/[N+](=O)[O-])c1nn(C2COC2)c2c1=CNCN=2. The minimum absolute atomic E-state index is 0.0986. The molecule has 0 aliphatic carbocycles. The normalized spacial score (nSPS) is 18.5. The Bertz CT molecular complexity index is 732. The Morgan fingerprint density at radius 2 is 2.45 bits per heavy atom. The molecular weight excluding hydrogens is 286 g/mol. The molecule has 116 valence electrons. The highest BCUT2D eigenvalue weighted by Crippen LogP contribution is 2.19. The Hall–Kier alpha value is -2.48. The van der Waals surface area contributed by atoms with E-state index in [2.05, 4.69) is 22.0 Å². The summed E-state index contributed by atoms with van der Waals surface area (Å²) in [6, 6.07) is 0.206. The van der Waals surface area contributed by atoms with E-state index in [0.717, 1.165) is 22.6 Å². The van der Waals surface area contributed by atoms with Crippen LogP contribution in [-0.2, 0) is 4.74 Å². The average molecular weight is 303 g/mol. The van der Waals surface area contributed by atoms with E-state index < -0.39 is 4.92 Å². The maximum absolute atomic E-state index is 10.4. The zero-order valence-corrected chi connectivity index (χ0v) is 12.0. The Morgan fingerprint density at radius 3 is 3.09 bits per heavy atom. The molecule has 1 fully saturated rings. The topological polar surface area (TPSA) is 94.6 Å². The lowest BCUT2D eigenvalue weighted by Crippen LogP contribution is -2.43. The molecule has 3 heterocycles. The van der Waals surface area contributed by atoms with Crippen LogP contribution < -0.4 is 16.0 Å². The average Bonchev–Trinajstić information content (AvgIpc) is 2.81. The van der Waals surface area contributed by atoms with Gasteiger partial charge >= 0.3 is 0 Å². The minimum atomic E-state index is -0.469. The van der Waals surface area contributed by atoms with Gasteiger partial charge in [0.15, 0.2) is 5.49 Å². The zero-order chi connectivity index (χ0) is 15.5. The van der Waals surface area contributed by atoms with E-state index >= 15 is 0 Å². The van der Waals surface area contributed by atoms with E-state index in [9.17, 15) is 10.1 Å². The summed E-state index contributed by atoms with van der Waals surface area (Å²) in [5, 5.41) is 19.1. The first kappa shape index (κ1) is 14.5. The molecule has 0 spiro atoms. The molecule has 8 nitrogen and oxygen atoms in total. The van der Waals surface area contributed by atoms with Crippen molar-refractivity contribution in [3.05, 3.63) is 51.4 Å². The van der Waals surface area contributed by atoms with Crippen molar-refractivity contribution in [3.63, 3.8) is 0 Å². The van der Waals surface area contributed by atoms with E-state index in [-0.39, 0.29) is 12.0 Å². The number of aromatic nitrogens is 2. The van der Waals surface area contributed by atoms with Crippen LogP contribution >= 0.6 is 0 Å². The van der Waals surface area contributed by atoms with Gasteiger partial charge in [0.1, 0.15) is 12.7 Å². The van der Waals surface area contributed by atoms with Crippen molar-refractivity contribution in [1.82, 2.24) is 15.1 Å². The molecule has 22 heavy (non-hydrogen) atoms. The predicted octanol–water partition coefficient (Wildman–Crippen LogP) is -0.177. The molecule has 0 amide bonds. The van der Waals surface area contributed by atoms with E-state index in [1.165, 1.54) is 6.08 Å². The maximum atomic E-state index is 10.4. The quantitative estimate of drug-likeness (QED) is 0.447. The van der Waals surface area contributed by atoms with Gasteiger partial charge in [0.25, 0.3) is 0 Å². The summed E-state index contributed by atoms with van der Waals surface area (Å²) in [7, 11) is 0. The number of hydrogen-bond acceptors (Lipinski definition) is 6. The number of ether oxygens (including phenoxy) is 1. The predicted molar refractivity (Wildman–Crippen MR) is 79.0 cm³/mol. The molecule has 0 unspecified atom stereocenters. The van der Waals surface area contributed by atoms with Crippen LogP contribution in [0.5, 0.6) is 0 Å². The second kappa shape index (κ2) is 6.10. The first-order valence-corrected chi connectivity index (χ1v) is 7.07. The highest BCUT2D eigenvalue weighted by atomic mass is 16.6. The molecule has 1 N–H and O–H groups in total. The zero-order valence-electron chi connectivity index (χ0n) is 12.0. The van der Waals surface area contributed by atoms with Gasteiger partial charge in [-0.2, -0.15) is 5.10 Å². The second-order valence-electron chi connectivity index (χ2n) is 5.17. The highest BCUT2D eigenvalue weighted by molar-refractivity contribution is 5.29. The van der Waals surface area contributed by atoms with Crippen molar-refractivity contribution in [3.8, 4) is 0 Å². The number of nitrogens with zero attached hydrogens (tertiary/aromatic N) is 4. The lowest BCUT2D eigenvalue weighted by Gasteiger charge is -2.26. The van der Waals surface area contributed by atoms with E-state index in [0.29, 0.717) is 26.3 Å². The summed E-state index contributed by atoms with van der Waals surface area (Å²) in [4.78, 5) is 14.4. The molecule has 2 aliphatic heterocycles. The number of rotatable bonds is 6. The summed E-state index contributed by atoms with van der Waals surface area (Å²) in [6.45, 7) is 5.62. The molecule has 1 aromatic heterocycles. The third-order valence-electron chi connectivity index (χ3n) is 3.74. The largest absolute Gasteiger partial charge is 0.377 e. The van der Waals surface area contributed by atoms with Gasteiger partial charge in [0.2, 0.25) is 6.20 Å². The minimum Gasteiger partial charge on any atom is -0.377 e. The lowest BCUT2D eigenvalue weighted by atomic mass is 10.0. The lowest BCUT2D eigenvalue weighted by molar-refractivity contribution is -0.402. The molecule has 0 aromatic carbocycles. The number of allylic oxidation sites excluding steroid dienone is 2. The van der Waals surface area contributed by atoms with Crippen LogP contribution in [0.1, 0.15) is 24.1 Å².